The van der Waals surface area contributed by atoms with Crippen LogP contribution in [0, 0.1) is 5.41 Å². The Morgan fingerprint density at radius 2 is 1.81 bits per heavy atom. The van der Waals surface area contributed by atoms with Crippen LogP contribution in [0.4, 0.5) is 0 Å². The lowest BCUT2D eigenvalue weighted by Gasteiger charge is -2.37. The molecule has 21 heavy (non-hydrogen) atoms. The molecule has 1 N–H and O–H groups in total. The molecule has 0 aromatic heterocycles. The maximum atomic E-state index is 12.3. The summed E-state index contributed by atoms with van der Waals surface area (Å²) in [6, 6.07) is 9.21. The van der Waals surface area contributed by atoms with Crippen LogP contribution in [0.3, 0.4) is 0 Å². The minimum Gasteiger partial charge on any atom is -0.481 e. The largest absolute Gasteiger partial charge is 0.481 e. The molecule has 2 rings (SSSR count). The molecule has 1 aliphatic heterocycles. The van der Waals surface area contributed by atoms with Gasteiger partial charge in [0.1, 0.15) is 5.75 Å². The molecule has 0 saturated carbocycles. The SMILES string of the molecule is CC(Oc1ccccc1)C(=O)N1CCC(C)(C(=O)O)CC1. The van der Waals surface area contributed by atoms with Gasteiger partial charge in [0.25, 0.3) is 5.91 Å². The van der Waals surface area contributed by atoms with Crippen molar-refractivity contribution >= 4 is 11.9 Å². The van der Waals surface area contributed by atoms with Gasteiger partial charge in [0.05, 0.1) is 5.41 Å². The molecule has 1 fully saturated rings. The van der Waals surface area contributed by atoms with Gasteiger partial charge >= 0.3 is 5.97 Å². The average molecular weight is 291 g/mol. The summed E-state index contributed by atoms with van der Waals surface area (Å²) in [6.07, 6.45) is 0.389. The summed E-state index contributed by atoms with van der Waals surface area (Å²) in [5.41, 5.74) is -0.722. The number of hydrogen-bond acceptors (Lipinski definition) is 3. The van der Waals surface area contributed by atoms with Crippen LogP contribution in [0.5, 0.6) is 5.75 Å². The predicted molar refractivity (Wildman–Crippen MR) is 78.1 cm³/mol. The van der Waals surface area contributed by atoms with Crippen LogP contribution < -0.4 is 4.74 Å². The molecule has 0 bridgehead atoms. The third kappa shape index (κ3) is 3.54. The van der Waals surface area contributed by atoms with E-state index in [2.05, 4.69) is 0 Å². The van der Waals surface area contributed by atoms with Crippen molar-refractivity contribution in [1.29, 1.82) is 0 Å². The van der Waals surface area contributed by atoms with E-state index in [9.17, 15) is 14.7 Å². The van der Waals surface area contributed by atoms with Crippen LogP contribution in [-0.2, 0) is 9.59 Å². The van der Waals surface area contributed by atoms with E-state index < -0.39 is 17.5 Å². The zero-order chi connectivity index (χ0) is 15.5. The second kappa shape index (κ2) is 6.16. The van der Waals surface area contributed by atoms with Crippen molar-refractivity contribution in [2.24, 2.45) is 5.41 Å². The summed E-state index contributed by atoms with van der Waals surface area (Å²) in [5, 5.41) is 9.20. The summed E-state index contributed by atoms with van der Waals surface area (Å²) < 4.78 is 5.62. The molecule has 1 saturated heterocycles. The summed E-state index contributed by atoms with van der Waals surface area (Å²) in [5.74, 6) is -0.222. The molecule has 0 radical (unpaired) electrons. The van der Waals surface area contributed by atoms with E-state index in [1.54, 1.807) is 18.7 Å². The lowest BCUT2D eigenvalue weighted by atomic mass is 9.80. The van der Waals surface area contributed by atoms with E-state index in [0.29, 0.717) is 31.7 Å². The Hall–Kier alpha value is -2.04. The number of carbonyl (C=O) groups is 2. The quantitative estimate of drug-likeness (QED) is 0.923. The molecule has 1 unspecified atom stereocenters. The number of likely N-dealkylation sites (tertiary alicyclic amines) is 1. The average Bonchev–Trinajstić information content (AvgIpc) is 2.48. The molecule has 0 spiro atoms. The van der Waals surface area contributed by atoms with Gasteiger partial charge in [0.15, 0.2) is 6.10 Å². The maximum absolute atomic E-state index is 12.3. The Morgan fingerprint density at radius 3 is 2.33 bits per heavy atom. The van der Waals surface area contributed by atoms with E-state index in [1.165, 1.54) is 0 Å². The number of piperidine rings is 1. The van der Waals surface area contributed by atoms with Crippen molar-refractivity contribution in [3.8, 4) is 5.75 Å². The molecule has 114 valence electrons. The Bertz CT molecular complexity index is 506. The van der Waals surface area contributed by atoms with Gasteiger partial charge in [0.2, 0.25) is 0 Å². The van der Waals surface area contributed by atoms with E-state index in [0.717, 1.165) is 0 Å². The van der Waals surface area contributed by atoms with Gasteiger partial charge in [-0.25, -0.2) is 0 Å². The minimum absolute atomic E-state index is 0.0914. The maximum Gasteiger partial charge on any atom is 0.309 e. The molecule has 5 nitrogen and oxygen atoms in total. The van der Waals surface area contributed by atoms with Crippen molar-refractivity contribution in [3.63, 3.8) is 0 Å². The molecule has 1 aromatic rings. The number of carboxylic acids is 1. The highest BCUT2D eigenvalue weighted by Gasteiger charge is 2.38. The van der Waals surface area contributed by atoms with Crippen LogP contribution in [-0.4, -0.2) is 41.1 Å². The standard InChI is InChI=1S/C16H21NO4/c1-12(21-13-6-4-3-5-7-13)14(18)17-10-8-16(2,9-11-17)15(19)20/h3-7,12H,8-11H2,1-2H3,(H,19,20). The topological polar surface area (TPSA) is 66.8 Å². The van der Waals surface area contributed by atoms with Gasteiger partial charge in [-0.05, 0) is 38.8 Å². The van der Waals surface area contributed by atoms with Crippen molar-refractivity contribution in [2.75, 3.05) is 13.1 Å². The van der Waals surface area contributed by atoms with E-state index in [1.807, 2.05) is 30.3 Å². The number of aliphatic carboxylic acids is 1. The molecular weight excluding hydrogens is 270 g/mol. The van der Waals surface area contributed by atoms with Gasteiger partial charge in [-0.15, -0.1) is 0 Å². The van der Waals surface area contributed by atoms with Crippen LogP contribution in [0.15, 0.2) is 30.3 Å². The summed E-state index contributed by atoms with van der Waals surface area (Å²) in [4.78, 5) is 25.2. The number of carboxylic acid groups (broad SMARTS) is 1. The second-order valence-corrected chi connectivity index (χ2v) is 5.76. The molecule has 0 aliphatic carbocycles. The van der Waals surface area contributed by atoms with Crippen LogP contribution in [0.1, 0.15) is 26.7 Å². The molecule has 5 heteroatoms. The van der Waals surface area contributed by atoms with Crippen LogP contribution >= 0.6 is 0 Å². The number of amides is 1. The number of nitrogens with zero attached hydrogens (tertiary/aromatic N) is 1. The number of benzene rings is 1. The molecule has 1 atom stereocenters. The number of para-hydroxylation sites is 1. The molecular formula is C16H21NO4. The Balaban J connectivity index is 1.91. The summed E-state index contributed by atoms with van der Waals surface area (Å²) >= 11 is 0. The predicted octanol–water partition coefficient (Wildman–Crippen LogP) is 2.17. The smallest absolute Gasteiger partial charge is 0.309 e. The summed E-state index contributed by atoms with van der Waals surface area (Å²) in [7, 11) is 0. The van der Waals surface area contributed by atoms with Gasteiger partial charge < -0.3 is 14.7 Å². The highest BCUT2D eigenvalue weighted by molar-refractivity contribution is 5.81. The van der Waals surface area contributed by atoms with Crippen molar-refractivity contribution < 1.29 is 19.4 Å². The normalized spacial score (nSPS) is 18.9. The summed E-state index contributed by atoms with van der Waals surface area (Å²) in [6.45, 7) is 4.38. The highest BCUT2D eigenvalue weighted by atomic mass is 16.5. The van der Waals surface area contributed by atoms with Crippen LogP contribution in [0.2, 0.25) is 0 Å². The van der Waals surface area contributed by atoms with E-state index in [4.69, 9.17) is 4.74 Å². The van der Waals surface area contributed by atoms with Crippen LogP contribution in [0.25, 0.3) is 0 Å². The first-order valence-electron chi connectivity index (χ1n) is 7.16. The molecule has 1 amide bonds. The molecule has 1 aliphatic rings. The fourth-order valence-corrected chi connectivity index (χ4v) is 2.45. The van der Waals surface area contributed by atoms with Crippen molar-refractivity contribution in [3.05, 3.63) is 30.3 Å². The van der Waals surface area contributed by atoms with E-state index >= 15 is 0 Å². The van der Waals surface area contributed by atoms with Crippen molar-refractivity contribution in [1.82, 2.24) is 4.90 Å². The van der Waals surface area contributed by atoms with Gasteiger partial charge in [-0.2, -0.15) is 0 Å². The Morgan fingerprint density at radius 1 is 1.24 bits per heavy atom. The van der Waals surface area contributed by atoms with E-state index in [-0.39, 0.29) is 5.91 Å². The monoisotopic (exact) mass is 291 g/mol. The van der Waals surface area contributed by atoms with Gasteiger partial charge in [-0.3, -0.25) is 9.59 Å². The molecule has 1 aromatic carbocycles. The lowest BCUT2D eigenvalue weighted by Crippen LogP contribution is -2.48. The first-order chi connectivity index (χ1) is 9.92. The van der Waals surface area contributed by atoms with Crippen molar-refractivity contribution in [2.45, 2.75) is 32.8 Å². The van der Waals surface area contributed by atoms with Gasteiger partial charge in [-0.1, -0.05) is 18.2 Å². The Kier molecular flexibility index (Phi) is 4.50. The molecule has 1 heterocycles. The third-order valence-corrected chi connectivity index (χ3v) is 4.10. The fourth-order valence-electron chi connectivity index (χ4n) is 2.45. The third-order valence-electron chi connectivity index (χ3n) is 4.10. The number of carbonyl (C=O) groups excluding carboxylic acids is 1. The zero-order valence-corrected chi connectivity index (χ0v) is 12.4. The minimum atomic E-state index is -0.789. The second-order valence-electron chi connectivity index (χ2n) is 5.76. The Labute approximate surface area is 124 Å². The van der Waals surface area contributed by atoms with Gasteiger partial charge in [0, 0.05) is 13.1 Å². The lowest BCUT2D eigenvalue weighted by molar-refractivity contribution is -0.154. The first-order valence-corrected chi connectivity index (χ1v) is 7.16. The number of ether oxygens (including phenoxy) is 1. The fraction of sp³-hybridized carbons (Fsp3) is 0.500. The first kappa shape index (κ1) is 15.4. The highest BCUT2D eigenvalue weighted by Crippen LogP contribution is 2.31. The zero-order valence-electron chi connectivity index (χ0n) is 12.4. The number of hydrogen-bond donors (Lipinski definition) is 1. The number of rotatable bonds is 4.